The van der Waals surface area contributed by atoms with Crippen molar-refractivity contribution in [2.45, 2.75) is 26.3 Å². The largest absolute Gasteiger partial charge is 0.350 e. The van der Waals surface area contributed by atoms with Crippen molar-refractivity contribution in [3.05, 3.63) is 40.6 Å². The molecule has 0 aliphatic heterocycles. The summed E-state index contributed by atoms with van der Waals surface area (Å²) in [7, 11) is 1.95. The third kappa shape index (κ3) is 3.30. The van der Waals surface area contributed by atoms with Crippen LogP contribution in [0, 0.1) is 0 Å². The lowest BCUT2D eigenvalue weighted by atomic mass is 10.3. The van der Waals surface area contributed by atoms with Crippen LogP contribution in [0.3, 0.4) is 0 Å². The van der Waals surface area contributed by atoms with Gasteiger partial charge in [-0.05, 0) is 35.8 Å². The zero-order valence-electron chi connectivity index (χ0n) is 11.9. The predicted octanol–water partition coefficient (Wildman–Crippen LogP) is 2.54. The Hall–Kier alpha value is -1.56. The Bertz CT molecular complexity index is 600. The molecular formula is C14H19BrN4O. The normalized spacial score (nSPS) is 11.1. The van der Waals surface area contributed by atoms with Gasteiger partial charge in [-0.15, -0.1) is 0 Å². The van der Waals surface area contributed by atoms with Gasteiger partial charge < -0.3 is 14.5 Å². The highest BCUT2D eigenvalue weighted by Crippen LogP contribution is 2.19. The van der Waals surface area contributed by atoms with Gasteiger partial charge in [-0.2, -0.15) is 0 Å². The number of aryl methyl sites for hydroxylation is 1. The minimum atomic E-state index is -0.0568. The number of hydrogen-bond acceptors (Lipinski definition) is 2. The second-order valence-electron chi connectivity index (χ2n) is 5.00. The Morgan fingerprint density at radius 1 is 1.50 bits per heavy atom. The number of carbonyl (C=O) groups excluding carboxylic acids is 1. The molecule has 108 valence electrons. The fourth-order valence-corrected chi connectivity index (χ4v) is 2.51. The molecule has 0 fully saturated rings. The van der Waals surface area contributed by atoms with E-state index < -0.39 is 0 Å². The maximum absolute atomic E-state index is 12.2. The summed E-state index contributed by atoms with van der Waals surface area (Å²) in [6.45, 7) is 4.68. The summed E-state index contributed by atoms with van der Waals surface area (Å²) in [6.07, 6.45) is 6.31. The fraction of sp³-hybridized carbons (Fsp3) is 0.429. The molecule has 0 aliphatic rings. The third-order valence-electron chi connectivity index (χ3n) is 3.16. The molecule has 0 spiro atoms. The number of rotatable bonds is 5. The van der Waals surface area contributed by atoms with Crippen LogP contribution in [-0.2, 0) is 13.5 Å². The summed E-state index contributed by atoms with van der Waals surface area (Å²) in [5.74, 6) is 0.907. The maximum atomic E-state index is 12.2. The average Bonchev–Trinajstić information content (AvgIpc) is 2.96. The van der Waals surface area contributed by atoms with Crippen LogP contribution in [-0.4, -0.2) is 26.6 Å². The second-order valence-corrected chi connectivity index (χ2v) is 5.92. The first kappa shape index (κ1) is 14.8. The van der Waals surface area contributed by atoms with Crippen molar-refractivity contribution < 1.29 is 4.79 Å². The van der Waals surface area contributed by atoms with Gasteiger partial charge in [0.15, 0.2) is 0 Å². The molecule has 20 heavy (non-hydrogen) atoms. The Balaban J connectivity index is 1.97. The molecule has 2 heterocycles. The van der Waals surface area contributed by atoms with Gasteiger partial charge >= 0.3 is 0 Å². The molecule has 2 rings (SSSR count). The molecule has 0 atom stereocenters. The van der Waals surface area contributed by atoms with Gasteiger partial charge in [0.2, 0.25) is 0 Å². The first-order chi connectivity index (χ1) is 9.49. The Morgan fingerprint density at radius 2 is 2.25 bits per heavy atom. The summed E-state index contributed by atoms with van der Waals surface area (Å²) in [4.78, 5) is 16.5. The average molecular weight is 339 g/mol. The second kappa shape index (κ2) is 6.26. The van der Waals surface area contributed by atoms with Gasteiger partial charge in [0.05, 0.1) is 0 Å². The molecule has 0 aromatic carbocycles. The molecule has 2 aromatic rings. The van der Waals surface area contributed by atoms with Gasteiger partial charge in [0.25, 0.3) is 5.91 Å². The SMILES string of the molecule is CC(C)n1cc(Br)cc1C(=O)NCCc1nccn1C. The summed E-state index contributed by atoms with van der Waals surface area (Å²) < 4.78 is 4.83. The van der Waals surface area contributed by atoms with Crippen molar-refractivity contribution >= 4 is 21.8 Å². The standard InChI is InChI=1S/C14H19BrN4O/c1-10(2)19-9-11(15)8-12(19)14(20)17-5-4-13-16-6-7-18(13)3/h6-10H,4-5H2,1-3H3,(H,17,20). The van der Waals surface area contributed by atoms with Gasteiger partial charge in [-0.3, -0.25) is 4.79 Å². The maximum Gasteiger partial charge on any atom is 0.267 e. The zero-order valence-corrected chi connectivity index (χ0v) is 13.5. The number of amides is 1. The van der Waals surface area contributed by atoms with Gasteiger partial charge in [-0.1, -0.05) is 0 Å². The van der Waals surface area contributed by atoms with Gasteiger partial charge in [-0.25, -0.2) is 4.98 Å². The quantitative estimate of drug-likeness (QED) is 0.910. The van der Waals surface area contributed by atoms with Crippen molar-refractivity contribution in [1.29, 1.82) is 0 Å². The van der Waals surface area contributed by atoms with E-state index >= 15 is 0 Å². The summed E-state index contributed by atoms with van der Waals surface area (Å²) in [6, 6.07) is 2.09. The lowest BCUT2D eigenvalue weighted by molar-refractivity contribution is 0.0943. The smallest absolute Gasteiger partial charge is 0.267 e. The number of nitrogens with zero attached hydrogens (tertiary/aromatic N) is 3. The molecule has 5 nitrogen and oxygen atoms in total. The van der Waals surface area contributed by atoms with Crippen LogP contribution in [0.15, 0.2) is 29.1 Å². The van der Waals surface area contributed by atoms with E-state index in [0.717, 1.165) is 16.7 Å². The Labute approximate surface area is 127 Å². The van der Waals surface area contributed by atoms with Crippen LogP contribution in [0.4, 0.5) is 0 Å². The van der Waals surface area contributed by atoms with E-state index in [1.54, 1.807) is 6.20 Å². The molecule has 0 saturated carbocycles. The van der Waals surface area contributed by atoms with E-state index in [0.29, 0.717) is 12.2 Å². The number of carbonyl (C=O) groups is 1. The molecule has 1 amide bonds. The predicted molar refractivity (Wildman–Crippen MR) is 81.8 cm³/mol. The summed E-state index contributed by atoms with van der Waals surface area (Å²) >= 11 is 3.41. The molecule has 0 saturated heterocycles. The number of halogens is 1. The van der Waals surface area contributed by atoms with Gasteiger partial charge in [0.1, 0.15) is 11.5 Å². The first-order valence-electron chi connectivity index (χ1n) is 6.61. The van der Waals surface area contributed by atoms with E-state index in [1.165, 1.54) is 0 Å². The van der Waals surface area contributed by atoms with Crippen molar-refractivity contribution in [2.75, 3.05) is 6.54 Å². The van der Waals surface area contributed by atoms with Crippen LogP contribution < -0.4 is 5.32 Å². The van der Waals surface area contributed by atoms with Crippen LogP contribution in [0.1, 0.15) is 36.2 Å². The molecule has 1 N–H and O–H groups in total. The summed E-state index contributed by atoms with van der Waals surface area (Å²) in [5, 5.41) is 2.94. The van der Waals surface area contributed by atoms with E-state index in [-0.39, 0.29) is 11.9 Å². The van der Waals surface area contributed by atoms with Crippen LogP contribution >= 0.6 is 15.9 Å². The van der Waals surface area contributed by atoms with Crippen LogP contribution in [0.5, 0.6) is 0 Å². The Kier molecular flexibility index (Phi) is 4.65. The van der Waals surface area contributed by atoms with E-state index in [1.807, 2.05) is 34.6 Å². The monoisotopic (exact) mass is 338 g/mol. The van der Waals surface area contributed by atoms with E-state index in [9.17, 15) is 4.79 Å². The van der Waals surface area contributed by atoms with Crippen molar-refractivity contribution in [3.63, 3.8) is 0 Å². The first-order valence-corrected chi connectivity index (χ1v) is 7.40. The van der Waals surface area contributed by atoms with Crippen molar-refractivity contribution in [2.24, 2.45) is 7.05 Å². The molecule has 0 bridgehead atoms. The topological polar surface area (TPSA) is 51.9 Å². The Morgan fingerprint density at radius 3 is 2.85 bits per heavy atom. The van der Waals surface area contributed by atoms with Gasteiger partial charge in [0, 0.05) is 49.1 Å². The highest BCUT2D eigenvalue weighted by molar-refractivity contribution is 9.10. The fourth-order valence-electron chi connectivity index (χ4n) is 2.07. The molecule has 6 heteroatoms. The van der Waals surface area contributed by atoms with Crippen LogP contribution in [0.25, 0.3) is 0 Å². The van der Waals surface area contributed by atoms with E-state index in [4.69, 9.17) is 0 Å². The number of aromatic nitrogens is 3. The van der Waals surface area contributed by atoms with Crippen molar-refractivity contribution in [3.8, 4) is 0 Å². The molecular weight excluding hydrogens is 320 g/mol. The molecule has 0 radical (unpaired) electrons. The minimum absolute atomic E-state index is 0.0568. The summed E-state index contributed by atoms with van der Waals surface area (Å²) in [5.41, 5.74) is 0.673. The lowest BCUT2D eigenvalue weighted by Gasteiger charge is -2.12. The van der Waals surface area contributed by atoms with Crippen LogP contribution in [0.2, 0.25) is 0 Å². The highest BCUT2D eigenvalue weighted by atomic mass is 79.9. The van der Waals surface area contributed by atoms with Crippen molar-refractivity contribution in [1.82, 2.24) is 19.4 Å². The lowest BCUT2D eigenvalue weighted by Crippen LogP contribution is -2.28. The molecule has 0 unspecified atom stereocenters. The number of nitrogens with one attached hydrogen (secondary N) is 1. The highest BCUT2D eigenvalue weighted by Gasteiger charge is 2.14. The molecule has 0 aliphatic carbocycles. The molecule has 2 aromatic heterocycles. The minimum Gasteiger partial charge on any atom is -0.350 e. The number of imidazole rings is 1. The van der Waals surface area contributed by atoms with E-state index in [2.05, 4.69) is 40.1 Å². The number of hydrogen-bond donors (Lipinski definition) is 1. The third-order valence-corrected chi connectivity index (χ3v) is 3.59. The zero-order chi connectivity index (χ0) is 14.7.